The first-order valence-electron chi connectivity index (χ1n) is 10.5. The third kappa shape index (κ3) is 5.35. The molecule has 6 nitrogen and oxygen atoms in total. The smallest absolute Gasteiger partial charge is 0.234 e. The molecule has 3 aromatic rings. The number of hydrogen-bond donors (Lipinski definition) is 1. The Hall–Kier alpha value is -3.06. The summed E-state index contributed by atoms with van der Waals surface area (Å²) in [6.45, 7) is 7.65. The molecule has 7 heteroatoms. The first-order chi connectivity index (χ1) is 15.1. The zero-order valence-electron chi connectivity index (χ0n) is 17.9. The third-order valence-electron chi connectivity index (χ3n) is 5.34. The van der Waals surface area contributed by atoms with Gasteiger partial charge < -0.3 is 15.1 Å². The van der Waals surface area contributed by atoms with Gasteiger partial charge in [0.25, 0.3) is 0 Å². The molecule has 0 saturated carbocycles. The number of amides is 1. The molecular weight excluding hydrogens is 406 g/mol. The van der Waals surface area contributed by atoms with E-state index in [1.54, 1.807) is 12.4 Å². The number of aromatic nitrogens is 2. The van der Waals surface area contributed by atoms with Crippen LogP contribution in [0.25, 0.3) is 0 Å². The maximum absolute atomic E-state index is 12.5. The van der Waals surface area contributed by atoms with Gasteiger partial charge in [0, 0.05) is 49.9 Å². The lowest BCUT2D eigenvalue weighted by molar-refractivity contribution is -0.113. The lowest BCUT2D eigenvalue weighted by atomic mass is 10.1. The van der Waals surface area contributed by atoms with Crippen molar-refractivity contribution in [3.63, 3.8) is 0 Å². The molecule has 1 saturated heterocycles. The molecule has 2 aromatic carbocycles. The molecule has 0 unspecified atom stereocenters. The molecular formula is C24H27N5OS. The van der Waals surface area contributed by atoms with Crippen molar-refractivity contribution >= 4 is 34.9 Å². The number of para-hydroxylation sites is 1. The minimum Gasteiger partial charge on any atom is -0.368 e. The van der Waals surface area contributed by atoms with Gasteiger partial charge in [0.15, 0.2) is 5.82 Å². The predicted octanol–water partition coefficient (Wildman–Crippen LogP) is 4.15. The van der Waals surface area contributed by atoms with Crippen molar-refractivity contribution in [3.8, 4) is 0 Å². The number of rotatable bonds is 6. The van der Waals surface area contributed by atoms with E-state index in [4.69, 9.17) is 0 Å². The standard InChI is InChI=1S/C24H27N5OS/c1-18-8-9-21(19(2)16-18)27-22(30)17-31-24-23(25-10-11-26-24)29-14-12-28(13-15-29)20-6-4-3-5-7-20/h3-11,16H,12-15,17H2,1-2H3,(H,27,30). The average molecular weight is 434 g/mol. The van der Waals surface area contributed by atoms with Gasteiger partial charge in [-0.05, 0) is 37.6 Å². The number of carbonyl (C=O) groups excluding carboxylic acids is 1. The van der Waals surface area contributed by atoms with Gasteiger partial charge in [0.2, 0.25) is 5.91 Å². The van der Waals surface area contributed by atoms with E-state index in [9.17, 15) is 4.79 Å². The highest BCUT2D eigenvalue weighted by Gasteiger charge is 2.21. The number of thioether (sulfide) groups is 1. The quantitative estimate of drug-likeness (QED) is 0.589. The first kappa shape index (κ1) is 21.2. The first-order valence-corrected chi connectivity index (χ1v) is 11.4. The molecule has 1 aliphatic heterocycles. The summed E-state index contributed by atoms with van der Waals surface area (Å²) in [6.07, 6.45) is 3.41. The van der Waals surface area contributed by atoms with E-state index >= 15 is 0 Å². The van der Waals surface area contributed by atoms with Gasteiger partial charge in [-0.2, -0.15) is 0 Å². The topological polar surface area (TPSA) is 61.4 Å². The van der Waals surface area contributed by atoms with E-state index in [1.807, 2.05) is 32.0 Å². The summed E-state index contributed by atoms with van der Waals surface area (Å²) in [4.78, 5) is 26.2. The average Bonchev–Trinajstić information content (AvgIpc) is 2.80. The van der Waals surface area contributed by atoms with Crippen LogP contribution in [0.5, 0.6) is 0 Å². The fraction of sp³-hybridized carbons (Fsp3) is 0.292. The minimum atomic E-state index is -0.0394. The van der Waals surface area contributed by atoms with Gasteiger partial charge in [-0.1, -0.05) is 47.7 Å². The Balaban J connectivity index is 1.36. The third-order valence-corrected chi connectivity index (χ3v) is 6.31. The van der Waals surface area contributed by atoms with Gasteiger partial charge in [0.1, 0.15) is 5.03 Å². The summed E-state index contributed by atoms with van der Waals surface area (Å²) in [7, 11) is 0. The van der Waals surface area contributed by atoms with Gasteiger partial charge >= 0.3 is 0 Å². The van der Waals surface area contributed by atoms with Crippen molar-refractivity contribution < 1.29 is 4.79 Å². The van der Waals surface area contributed by atoms with E-state index in [-0.39, 0.29) is 5.91 Å². The summed E-state index contributed by atoms with van der Waals surface area (Å²) in [5.41, 5.74) is 4.35. The van der Waals surface area contributed by atoms with Gasteiger partial charge in [-0.25, -0.2) is 9.97 Å². The summed E-state index contributed by atoms with van der Waals surface area (Å²) < 4.78 is 0. The monoisotopic (exact) mass is 433 g/mol. The second-order valence-electron chi connectivity index (χ2n) is 7.65. The van der Waals surface area contributed by atoms with Crippen molar-refractivity contribution in [2.45, 2.75) is 18.9 Å². The second kappa shape index (κ2) is 9.83. The van der Waals surface area contributed by atoms with Crippen LogP contribution in [0, 0.1) is 13.8 Å². The van der Waals surface area contributed by atoms with Crippen LogP contribution in [-0.2, 0) is 4.79 Å². The van der Waals surface area contributed by atoms with Crippen LogP contribution in [-0.4, -0.2) is 47.8 Å². The molecule has 2 heterocycles. The maximum Gasteiger partial charge on any atom is 0.234 e. The summed E-state index contributed by atoms with van der Waals surface area (Å²) in [6, 6.07) is 16.5. The molecule has 1 aromatic heterocycles. The van der Waals surface area contributed by atoms with Gasteiger partial charge in [-0.15, -0.1) is 0 Å². The highest BCUT2D eigenvalue weighted by molar-refractivity contribution is 8.00. The predicted molar refractivity (Wildman–Crippen MR) is 128 cm³/mol. The van der Waals surface area contributed by atoms with E-state index in [2.05, 4.69) is 55.4 Å². The Labute approximate surface area is 187 Å². The van der Waals surface area contributed by atoms with Crippen LogP contribution in [0.1, 0.15) is 11.1 Å². The summed E-state index contributed by atoms with van der Waals surface area (Å²) in [5, 5.41) is 3.80. The van der Waals surface area contributed by atoms with E-state index in [0.717, 1.165) is 48.3 Å². The maximum atomic E-state index is 12.5. The normalized spacial score (nSPS) is 13.9. The Morgan fingerprint density at radius 3 is 2.42 bits per heavy atom. The number of carbonyl (C=O) groups is 1. The molecule has 1 amide bonds. The molecule has 4 rings (SSSR count). The SMILES string of the molecule is Cc1ccc(NC(=O)CSc2nccnc2N2CCN(c3ccccc3)CC2)c(C)c1. The zero-order valence-corrected chi connectivity index (χ0v) is 18.7. The van der Waals surface area contributed by atoms with Crippen LogP contribution in [0.2, 0.25) is 0 Å². The van der Waals surface area contributed by atoms with Gasteiger partial charge in [0.05, 0.1) is 5.75 Å². The lowest BCUT2D eigenvalue weighted by Gasteiger charge is -2.37. The number of hydrogen-bond acceptors (Lipinski definition) is 6. The molecule has 0 spiro atoms. The summed E-state index contributed by atoms with van der Waals surface area (Å²) in [5.74, 6) is 1.12. The molecule has 0 aliphatic carbocycles. The number of benzene rings is 2. The van der Waals surface area contributed by atoms with Crippen LogP contribution >= 0.6 is 11.8 Å². The van der Waals surface area contributed by atoms with Crippen LogP contribution in [0.3, 0.4) is 0 Å². The van der Waals surface area contributed by atoms with Crippen molar-refractivity contribution in [2.75, 3.05) is 47.0 Å². The Morgan fingerprint density at radius 2 is 1.68 bits per heavy atom. The second-order valence-corrected chi connectivity index (χ2v) is 8.61. The van der Waals surface area contributed by atoms with Crippen molar-refractivity contribution in [3.05, 3.63) is 72.1 Å². The van der Waals surface area contributed by atoms with Gasteiger partial charge in [-0.3, -0.25) is 4.79 Å². The largest absolute Gasteiger partial charge is 0.368 e. The highest BCUT2D eigenvalue weighted by atomic mass is 32.2. The van der Waals surface area contributed by atoms with Crippen LogP contribution in [0.15, 0.2) is 66.0 Å². The lowest BCUT2D eigenvalue weighted by Crippen LogP contribution is -2.47. The molecule has 1 N–H and O–H groups in total. The highest BCUT2D eigenvalue weighted by Crippen LogP contribution is 2.28. The van der Waals surface area contributed by atoms with E-state index < -0.39 is 0 Å². The Kier molecular flexibility index (Phi) is 6.72. The van der Waals surface area contributed by atoms with E-state index in [0.29, 0.717) is 5.75 Å². The summed E-state index contributed by atoms with van der Waals surface area (Å²) >= 11 is 1.43. The van der Waals surface area contributed by atoms with Crippen molar-refractivity contribution in [1.82, 2.24) is 9.97 Å². The molecule has 0 radical (unpaired) electrons. The van der Waals surface area contributed by atoms with Crippen molar-refractivity contribution in [1.29, 1.82) is 0 Å². The molecule has 1 fully saturated rings. The van der Waals surface area contributed by atoms with Crippen molar-refractivity contribution in [2.24, 2.45) is 0 Å². The fourth-order valence-electron chi connectivity index (χ4n) is 3.73. The number of nitrogens with one attached hydrogen (secondary N) is 1. The number of aryl methyl sites for hydroxylation is 2. The number of nitrogens with zero attached hydrogens (tertiary/aromatic N) is 4. The minimum absolute atomic E-state index is 0.0394. The fourth-order valence-corrected chi connectivity index (χ4v) is 4.51. The van der Waals surface area contributed by atoms with Crippen LogP contribution in [0.4, 0.5) is 17.2 Å². The number of anilines is 3. The van der Waals surface area contributed by atoms with E-state index in [1.165, 1.54) is 23.0 Å². The number of piperazine rings is 1. The zero-order chi connectivity index (χ0) is 21.6. The molecule has 0 bridgehead atoms. The molecule has 0 atom stereocenters. The molecule has 31 heavy (non-hydrogen) atoms. The Morgan fingerprint density at radius 1 is 0.968 bits per heavy atom. The molecule has 160 valence electrons. The Bertz CT molecular complexity index is 1040. The molecule has 1 aliphatic rings. The van der Waals surface area contributed by atoms with Crippen LogP contribution < -0.4 is 15.1 Å².